The van der Waals surface area contributed by atoms with E-state index in [9.17, 15) is 0 Å². The SMILES string of the molecule is SCCC#Cc1cncc(Cl)c1. The van der Waals surface area contributed by atoms with Gasteiger partial charge in [0.2, 0.25) is 0 Å². The minimum absolute atomic E-state index is 0.618. The molecule has 0 saturated carbocycles. The van der Waals surface area contributed by atoms with Crippen LogP contribution in [0.4, 0.5) is 0 Å². The molecule has 0 atom stereocenters. The number of hydrogen-bond donors (Lipinski definition) is 1. The van der Waals surface area contributed by atoms with Gasteiger partial charge >= 0.3 is 0 Å². The third-order valence-corrected chi connectivity index (χ3v) is 1.60. The van der Waals surface area contributed by atoms with Crippen LogP contribution in [0.1, 0.15) is 12.0 Å². The van der Waals surface area contributed by atoms with Crippen molar-refractivity contribution in [2.24, 2.45) is 0 Å². The molecule has 0 radical (unpaired) electrons. The van der Waals surface area contributed by atoms with Gasteiger partial charge in [-0.3, -0.25) is 4.98 Å². The molecule has 0 bridgehead atoms. The minimum atomic E-state index is 0.618. The molecule has 62 valence electrons. The summed E-state index contributed by atoms with van der Waals surface area (Å²) in [5, 5.41) is 0.618. The van der Waals surface area contributed by atoms with Crippen molar-refractivity contribution in [3.63, 3.8) is 0 Å². The quantitative estimate of drug-likeness (QED) is 0.539. The van der Waals surface area contributed by atoms with Crippen LogP contribution in [-0.2, 0) is 0 Å². The lowest BCUT2D eigenvalue weighted by Gasteiger charge is -1.89. The van der Waals surface area contributed by atoms with Gasteiger partial charge in [-0.25, -0.2) is 0 Å². The van der Waals surface area contributed by atoms with Gasteiger partial charge in [0.1, 0.15) is 0 Å². The molecule has 0 aliphatic rings. The van der Waals surface area contributed by atoms with Gasteiger partial charge in [-0.2, -0.15) is 12.6 Å². The predicted octanol–water partition coefficient (Wildman–Crippen LogP) is 2.41. The maximum atomic E-state index is 5.71. The first-order valence-electron chi connectivity index (χ1n) is 3.53. The Labute approximate surface area is 82.6 Å². The van der Waals surface area contributed by atoms with Gasteiger partial charge in [-0.05, 0) is 6.07 Å². The standard InChI is InChI=1S/C9H8ClNS/c10-9-5-8(6-11-7-9)3-1-2-4-12/h5-7,12H,2,4H2. The molecule has 0 aromatic carbocycles. The van der Waals surface area contributed by atoms with Crippen molar-refractivity contribution in [2.75, 3.05) is 5.75 Å². The highest BCUT2D eigenvalue weighted by atomic mass is 35.5. The Kier molecular flexibility index (Phi) is 3.99. The number of nitrogens with zero attached hydrogens (tertiary/aromatic N) is 1. The highest BCUT2D eigenvalue weighted by Gasteiger charge is 1.88. The number of hydrogen-bond acceptors (Lipinski definition) is 2. The normalized spacial score (nSPS) is 8.83. The molecule has 12 heavy (non-hydrogen) atoms. The Morgan fingerprint density at radius 1 is 1.50 bits per heavy atom. The predicted molar refractivity (Wildman–Crippen MR) is 54.6 cm³/mol. The summed E-state index contributed by atoms with van der Waals surface area (Å²) < 4.78 is 0. The first-order valence-corrected chi connectivity index (χ1v) is 4.54. The molecule has 0 spiro atoms. The third kappa shape index (κ3) is 3.17. The number of thiol groups is 1. The first kappa shape index (κ1) is 9.44. The Morgan fingerprint density at radius 3 is 3.00 bits per heavy atom. The van der Waals surface area contributed by atoms with Crippen LogP contribution in [-0.4, -0.2) is 10.7 Å². The van der Waals surface area contributed by atoms with Crippen molar-refractivity contribution in [2.45, 2.75) is 6.42 Å². The molecule has 3 heteroatoms. The summed E-state index contributed by atoms with van der Waals surface area (Å²) >= 11 is 9.76. The molecule has 0 N–H and O–H groups in total. The van der Waals surface area contributed by atoms with Crippen molar-refractivity contribution in [3.05, 3.63) is 29.0 Å². The van der Waals surface area contributed by atoms with E-state index in [1.54, 1.807) is 18.5 Å². The van der Waals surface area contributed by atoms with E-state index in [0.29, 0.717) is 5.02 Å². The van der Waals surface area contributed by atoms with Crippen LogP contribution in [0.25, 0.3) is 0 Å². The zero-order valence-corrected chi connectivity index (χ0v) is 8.07. The fourth-order valence-electron chi connectivity index (χ4n) is 0.701. The minimum Gasteiger partial charge on any atom is -0.262 e. The maximum Gasteiger partial charge on any atom is 0.0601 e. The Balaban J connectivity index is 2.71. The van der Waals surface area contributed by atoms with E-state index in [1.165, 1.54) is 0 Å². The average Bonchev–Trinajstić information content (AvgIpc) is 2.05. The molecule has 0 amide bonds. The molecule has 1 heterocycles. The van der Waals surface area contributed by atoms with E-state index in [2.05, 4.69) is 29.5 Å². The smallest absolute Gasteiger partial charge is 0.0601 e. The zero-order chi connectivity index (χ0) is 8.81. The Hall–Kier alpha value is -0.650. The summed E-state index contributed by atoms with van der Waals surface area (Å²) in [5.41, 5.74) is 0.851. The van der Waals surface area contributed by atoms with Crippen molar-refractivity contribution in [1.82, 2.24) is 4.98 Å². The molecule has 0 saturated heterocycles. The number of aromatic nitrogens is 1. The lowest BCUT2D eigenvalue weighted by atomic mass is 10.3. The van der Waals surface area contributed by atoms with E-state index in [1.807, 2.05) is 0 Å². The van der Waals surface area contributed by atoms with Crippen molar-refractivity contribution in [3.8, 4) is 11.8 Å². The molecule has 0 aliphatic heterocycles. The Morgan fingerprint density at radius 2 is 2.33 bits per heavy atom. The van der Waals surface area contributed by atoms with Gasteiger partial charge in [-0.15, -0.1) is 0 Å². The number of halogens is 1. The van der Waals surface area contributed by atoms with E-state index in [0.717, 1.165) is 17.7 Å². The second kappa shape index (κ2) is 5.08. The van der Waals surface area contributed by atoms with Crippen LogP contribution >= 0.6 is 24.2 Å². The molecular weight excluding hydrogens is 190 g/mol. The van der Waals surface area contributed by atoms with E-state index in [4.69, 9.17) is 11.6 Å². The van der Waals surface area contributed by atoms with Gasteiger partial charge in [-0.1, -0.05) is 23.4 Å². The maximum absolute atomic E-state index is 5.71. The largest absolute Gasteiger partial charge is 0.262 e. The third-order valence-electron chi connectivity index (χ3n) is 1.17. The molecule has 1 aromatic heterocycles. The highest BCUT2D eigenvalue weighted by Crippen LogP contribution is 2.06. The number of pyridine rings is 1. The van der Waals surface area contributed by atoms with Crippen molar-refractivity contribution in [1.29, 1.82) is 0 Å². The lowest BCUT2D eigenvalue weighted by Crippen LogP contribution is -1.77. The Bertz CT molecular complexity index is 314. The van der Waals surface area contributed by atoms with Gasteiger partial charge < -0.3 is 0 Å². The van der Waals surface area contributed by atoms with Crippen molar-refractivity contribution >= 4 is 24.2 Å². The van der Waals surface area contributed by atoms with Crippen LogP contribution in [0.2, 0.25) is 5.02 Å². The van der Waals surface area contributed by atoms with Gasteiger partial charge in [0.15, 0.2) is 0 Å². The average molecular weight is 198 g/mol. The van der Waals surface area contributed by atoms with Crippen molar-refractivity contribution < 1.29 is 0 Å². The highest BCUT2D eigenvalue weighted by molar-refractivity contribution is 7.80. The van der Waals surface area contributed by atoms with Gasteiger partial charge in [0.05, 0.1) is 5.02 Å². The topological polar surface area (TPSA) is 12.9 Å². The fourth-order valence-corrected chi connectivity index (χ4v) is 0.986. The zero-order valence-electron chi connectivity index (χ0n) is 6.42. The molecule has 0 fully saturated rings. The monoisotopic (exact) mass is 197 g/mol. The van der Waals surface area contributed by atoms with E-state index >= 15 is 0 Å². The lowest BCUT2D eigenvalue weighted by molar-refractivity contribution is 1.29. The summed E-state index contributed by atoms with van der Waals surface area (Å²) in [5.74, 6) is 6.67. The molecule has 0 aliphatic carbocycles. The second-order valence-corrected chi connectivity index (χ2v) is 3.05. The first-order chi connectivity index (χ1) is 5.83. The van der Waals surface area contributed by atoms with Crippen LogP contribution < -0.4 is 0 Å². The number of rotatable bonds is 1. The summed E-state index contributed by atoms with van der Waals surface area (Å²) in [6.07, 6.45) is 4.07. The van der Waals surface area contributed by atoms with Crippen LogP contribution in [0, 0.1) is 11.8 Å². The fraction of sp³-hybridized carbons (Fsp3) is 0.222. The van der Waals surface area contributed by atoms with E-state index in [-0.39, 0.29) is 0 Å². The van der Waals surface area contributed by atoms with Crippen LogP contribution in [0.3, 0.4) is 0 Å². The molecule has 1 aromatic rings. The molecule has 1 rings (SSSR count). The van der Waals surface area contributed by atoms with Crippen LogP contribution in [0.15, 0.2) is 18.5 Å². The molecular formula is C9H8ClNS. The van der Waals surface area contributed by atoms with Gasteiger partial charge in [0, 0.05) is 30.1 Å². The summed E-state index contributed by atoms with van der Waals surface area (Å²) in [6.45, 7) is 0. The summed E-state index contributed by atoms with van der Waals surface area (Å²) in [7, 11) is 0. The molecule has 0 unspecified atom stereocenters. The van der Waals surface area contributed by atoms with Crippen LogP contribution in [0.5, 0.6) is 0 Å². The van der Waals surface area contributed by atoms with Gasteiger partial charge in [0.25, 0.3) is 0 Å². The summed E-state index contributed by atoms with van der Waals surface area (Å²) in [6, 6.07) is 1.79. The second-order valence-electron chi connectivity index (χ2n) is 2.17. The summed E-state index contributed by atoms with van der Waals surface area (Å²) in [4.78, 5) is 3.91. The molecule has 1 nitrogen and oxygen atoms in total. The van der Waals surface area contributed by atoms with E-state index < -0.39 is 0 Å².